The Morgan fingerprint density at radius 2 is 2.04 bits per heavy atom. The van der Waals surface area contributed by atoms with E-state index >= 15 is 0 Å². The third kappa shape index (κ3) is 3.22. The molecule has 1 aromatic carbocycles. The van der Waals surface area contributed by atoms with Gasteiger partial charge in [-0.1, -0.05) is 4.49 Å². The first-order chi connectivity index (χ1) is 11.0. The van der Waals surface area contributed by atoms with Crippen LogP contribution in [0.3, 0.4) is 0 Å². The molecular weight excluding hydrogens is 338 g/mol. The molecule has 0 saturated carbocycles. The summed E-state index contributed by atoms with van der Waals surface area (Å²) < 4.78 is 3.72. The molecule has 0 saturated heterocycles. The lowest BCUT2D eigenvalue weighted by Crippen LogP contribution is -2.11. The number of nitrogens with zero attached hydrogens (tertiary/aromatic N) is 4. The fraction of sp³-hybridized carbons (Fsp3) is 0.0769. The Bertz CT molecular complexity index is 872. The van der Waals surface area contributed by atoms with Crippen LogP contribution in [0, 0.1) is 17.0 Å². The van der Waals surface area contributed by atoms with Crippen LogP contribution < -0.4 is 5.32 Å². The topological polar surface area (TPSA) is 111 Å². The number of aryl methyl sites for hydroxylation is 1. The molecule has 1 N–H and O–H groups in total. The van der Waals surface area contributed by atoms with Crippen molar-refractivity contribution in [3.63, 3.8) is 0 Å². The van der Waals surface area contributed by atoms with Crippen molar-refractivity contribution in [3.05, 3.63) is 50.3 Å². The average molecular weight is 347 g/mol. The summed E-state index contributed by atoms with van der Waals surface area (Å²) in [5.41, 5.74) is 1.97. The second kappa shape index (κ2) is 6.18. The van der Waals surface area contributed by atoms with Crippen LogP contribution in [0.15, 0.2) is 29.6 Å². The van der Waals surface area contributed by atoms with Crippen LogP contribution in [0.2, 0.25) is 0 Å². The van der Waals surface area contributed by atoms with Crippen LogP contribution in [0.25, 0.3) is 11.3 Å². The van der Waals surface area contributed by atoms with Crippen molar-refractivity contribution in [3.8, 4) is 11.3 Å². The van der Waals surface area contributed by atoms with E-state index in [1.165, 1.54) is 23.5 Å². The van der Waals surface area contributed by atoms with E-state index in [1.54, 1.807) is 24.4 Å². The minimum atomic E-state index is -0.456. The Kier molecular flexibility index (Phi) is 4.08. The highest BCUT2D eigenvalue weighted by molar-refractivity contribution is 7.14. The molecule has 23 heavy (non-hydrogen) atoms. The number of non-ortho nitro benzene ring substituents is 1. The molecule has 0 fully saturated rings. The Morgan fingerprint density at radius 1 is 1.30 bits per heavy atom. The third-order valence-corrected chi connectivity index (χ3v) is 4.54. The number of hydrogen-bond acceptors (Lipinski definition) is 8. The number of aromatic nitrogens is 3. The summed E-state index contributed by atoms with van der Waals surface area (Å²) in [4.78, 5) is 27.0. The molecule has 2 aromatic heterocycles. The second-order valence-corrected chi connectivity index (χ2v) is 6.10. The van der Waals surface area contributed by atoms with E-state index in [0.717, 1.165) is 17.1 Å². The lowest BCUT2D eigenvalue weighted by Gasteiger charge is -1.99. The van der Waals surface area contributed by atoms with Crippen molar-refractivity contribution >= 4 is 39.6 Å². The molecule has 10 heteroatoms. The number of thiazole rings is 1. The molecule has 3 aromatic rings. The normalized spacial score (nSPS) is 10.5. The molecule has 0 atom stereocenters. The van der Waals surface area contributed by atoms with Gasteiger partial charge in [-0.2, -0.15) is 0 Å². The summed E-state index contributed by atoms with van der Waals surface area (Å²) in [7, 11) is 0. The van der Waals surface area contributed by atoms with Crippen LogP contribution in [-0.4, -0.2) is 25.4 Å². The Balaban J connectivity index is 1.76. The van der Waals surface area contributed by atoms with Gasteiger partial charge in [-0.15, -0.1) is 16.4 Å². The number of anilines is 1. The Labute approximate surface area is 138 Å². The molecule has 0 unspecified atom stereocenters. The highest BCUT2D eigenvalue weighted by Crippen LogP contribution is 2.27. The standard InChI is InChI=1S/C13H9N5O3S2/c1-7-11(23-17-16-7)12(19)15-13-14-10(6-22-13)8-2-4-9(5-3-8)18(20)21/h2-6H,1H3,(H,14,15,19). The van der Waals surface area contributed by atoms with E-state index in [2.05, 4.69) is 19.9 Å². The Morgan fingerprint density at radius 3 is 2.65 bits per heavy atom. The van der Waals surface area contributed by atoms with E-state index in [1.807, 2.05) is 0 Å². The van der Waals surface area contributed by atoms with E-state index in [0.29, 0.717) is 21.4 Å². The summed E-state index contributed by atoms with van der Waals surface area (Å²) in [6.07, 6.45) is 0. The van der Waals surface area contributed by atoms with Gasteiger partial charge in [-0.05, 0) is 30.6 Å². The maximum atomic E-state index is 12.1. The van der Waals surface area contributed by atoms with E-state index < -0.39 is 4.92 Å². The zero-order valence-electron chi connectivity index (χ0n) is 11.7. The number of nitrogens with one attached hydrogen (secondary N) is 1. The van der Waals surface area contributed by atoms with Crippen molar-refractivity contribution in [2.45, 2.75) is 6.92 Å². The van der Waals surface area contributed by atoms with Gasteiger partial charge in [0.2, 0.25) is 0 Å². The van der Waals surface area contributed by atoms with Crippen LogP contribution in [0.5, 0.6) is 0 Å². The van der Waals surface area contributed by atoms with Gasteiger partial charge >= 0.3 is 0 Å². The van der Waals surface area contributed by atoms with E-state index in [4.69, 9.17) is 0 Å². The zero-order valence-corrected chi connectivity index (χ0v) is 13.3. The lowest BCUT2D eigenvalue weighted by atomic mass is 10.1. The van der Waals surface area contributed by atoms with Crippen LogP contribution >= 0.6 is 22.9 Å². The summed E-state index contributed by atoms with van der Waals surface area (Å²) in [5, 5.41) is 19.3. The predicted molar refractivity (Wildman–Crippen MR) is 86.8 cm³/mol. The van der Waals surface area contributed by atoms with E-state index in [-0.39, 0.29) is 11.6 Å². The van der Waals surface area contributed by atoms with Crippen LogP contribution in [0.4, 0.5) is 10.8 Å². The first-order valence-corrected chi connectivity index (χ1v) is 8.00. The monoisotopic (exact) mass is 347 g/mol. The smallest absolute Gasteiger partial charge is 0.271 e. The molecule has 1 amide bonds. The van der Waals surface area contributed by atoms with Crippen molar-refractivity contribution in [2.24, 2.45) is 0 Å². The van der Waals surface area contributed by atoms with Crippen molar-refractivity contribution in [2.75, 3.05) is 5.32 Å². The number of nitro benzene ring substituents is 1. The number of hydrogen-bond donors (Lipinski definition) is 1. The van der Waals surface area contributed by atoms with Gasteiger partial charge in [0.25, 0.3) is 11.6 Å². The largest absolute Gasteiger partial charge is 0.297 e. The molecule has 2 heterocycles. The average Bonchev–Trinajstić information content (AvgIpc) is 3.16. The predicted octanol–water partition coefficient (Wildman–Crippen LogP) is 3.13. The fourth-order valence-electron chi connectivity index (χ4n) is 1.81. The van der Waals surface area contributed by atoms with Crippen LogP contribution in [-0.2, 0) is 0 Å². The lowest BCUT2D eigenvalue weighted by molar-refractivity contribution is -0.384. The van der Waals surface area contributed by atoms with Crippen LogP contribution in [0.1, 0.15) is 15.4 Å². The van der Waals surface area contributed by atoms with Gasteiger partial charge in [0.05, 0.1) is 16.3 Å². The Hall–Kier alpha value is -2.72. The molecule has 3 rings (SSSR count). The zero-order chi connectivity index (χ0) is 16.4. The maximum Gasteiger partial charge on any atom is 0.271 e. The second-order valence-electron chi connectivity index (χ2n) is 4.48. The van der Waals surface area contributed by atoms with Gasteiger partial charge in [0.15, 0.2) is 5.13 Å². The van der Waals surface area contributed by atoms with Crippen molar-refractivity contribution < 1.29 is 9.72 Å². The quantitative estimate of drug-likeness (QED) is 0.573. The minimum absolute atomic E-state index is 0.0191. The number of nitro groups is 1. The first kappa shape index (κ1) is 15.2. The molecule has 0 aliphatic heterocycles. The molecule has 8 nitrogen and oxygen atoms in total. The highest BCUT2D eigenvalue weighted by atomic mass is 32.1. The fourth-order valence-corrected chi connectivity index (χ4v) is 3.08. The van der Waals surface area contributed by atoms with Gasteiger partial charge in [-0.3, -0.25) is 20.2 Å². The molecule has 0 aliphatic carbocycles. The molecule has 0 spiro atoms. The SMILES string of the molecule is Cc1nnsc1C(=O)Nc1nc(-c2ccc([N+](=O)[O-])cc2)cs1. The number of carbonyl (C=O) groups is 1. The number of carbonyl (C=O) groups excluding carboxylic acids is 1. The number of benzene rings is 1. The first-order valence-electron chi connectivity index (χ1n) is 6.35. The maximum absolute atomic E-state index is 12.1. The van der Waals surface area contributed by atoms with Gasteiger partial charge in [0.1, 0.15) is 4.88 Å². The summed E-state index contributed by atoms with van der Waals surface area (Å²) in [6.45, 7) is 1.71. The third-order valence-electron chi connectivity index (χ3n) is 2.96. The molecule has 116 valence electrons. The molecule has 0 bridgehead atoms. The summed E-state index contributed by atoms with van der Waals surface area (Å²) in [5.74, 6) is -0.304. The molecule has 0 radical (unpaired) electrons. The van der Waals surface area contributed by atoms with Crippen molar-refractivity contribution in [1.29, 1.82) is 0 Å². The number of rotatable bonds is 4. The summed E-state index contributed by atoms with van der Waals surface area (Å²) >= 11 is 2.30. The molecular formula is C13H9N5O3S2. The van der Waals surface area contributed by atoms with Gasteiger partial charge in [-0.25, -0.2) is 4.98 Å². The van der Waals surface area contributed by atoms with E-state index in [9.17, 15) is 14.9 Å². The highest BCUT2D eigenvalue weighted by Gasteiger charge is 2.15. The summed E-state index contributed by atoms with van der Waals surface area (Å²) in [6, 6.07) is 6.07. The molecule has 0 aliphatic rings. The number of amides is 1. The van der Waals surface area contributed by atoms with Gasteiger partial charge < -0.3 is 0 Å². The minimum Gasteiger partial charge on any atom is -0.297 e. The van der Waals surface area contributed by atoms with Gasteiger partial charge in [0, 0.05) is 23.1 Å². The van der Waals surface area contributed by atoms with Crippen molar-refractivity contribution in [1.82, 2.24) is 14.6 Å².